The summed E-state index contributed by atoms with van der Waals surface area (Å²) in [5.41, 5.74) is 7.88. The predicted molar refractivity (Wildman–Crippen MR) is 118 cm³/mol. The van der Waals surface area contributed by atoms with Crippen molar-refractivity contribution in [2.24, 2.45) is 5.73 Å². The third-order valence-electron chi connectivity index (χ3n) is 6.25. The quantitative estimate of drug-likeness (QED) is 0.560. The smallest absolute Gasteiger partial charge is 0.227 e. The van der Waals surface area contributed by atoms with Gasteiger partial charge in [-0.25, -0.2) is 4.98 Å². The van der Waals surface area contributed by atoms with E-state index in [1.807, 2.05) is 6.33 Å². The van der Waals surface area contributed by atoms with Gasteiger partial charge in [-0.15, -0.1) is 11.3 Å². The summed E-state index contributed by atoms with van der Waals surface area (Å²) < 4.78 is 2.27. The van der Waals surface area contributed by atoms with Crippen LogP contribution >= 0.6 is 11.3 Å². The topological polar surface area (TPSA) is 93.7 Å². The van der Waals surface area contributed by atoms with Gasteiger partial charge in [0.2, 0.25) is 5.95 Å². The zero-order chi connectivity index (χ0) is 19.6. The fraction of sp³-hybridized carbons (Fsp3) is 0.571. The van der Waals surface area contributed by atoms with E-state index in [2.05, 4.69) is 32.7 Å². The Balaban J connectivity index is 1.45. The van der Waals surface area contributed by atoms with Gasteiger partial charge in [-0.3, -0.25) is 0 Å². The van der Waals surface area contributed by atoms with Gasteiger partial charge in [-0.2, -0.15) is 9.97 Å². The van der Waals surface area contributed by atoms with Gasteiger partial charge in [0.05, 0.1) is 12.9 Å². The molecule has 3 heterocycles. The van der Waals surface area contributed by atoms with Crippen LogP contribution in [0.15, 0.2) is 23.8 Å². The molecule has 4 N–H and O–H groups in total. The number of hydrogen-bond acceptors (Lipinski definition) is 7. The Labute approximate surface area is 175 Å². The molecule has 0 unspecified atom stereocenters. The molecule has 0 atom stereocenters. The Morgan fingerprint density at radius 2 is 1.93 bits per heavy atom. The molecule has 154 valence electrons. The van der Waals surface area contributed by atoms with Crippen LogP contribution < -0.4 is 16.4 Å². The molecule has 29 heavy (non-hydrogen) atoms. The highest BCUT2D eigenvalue weighted by Crippen LogP contribution is 2.33. The molecule has 3 aromatic rings. The summed E-state index contributed by atoms with van der Waals surface area (Å²) in [7, 11) is 0. The lowest BCUT2D eigenvalue weighted by atomic mass is 9.92. The molecule has 0 amide bonds. The summed E-state index contributed by atoms with van der Waals surface area (Å²) in [4.78, 5) is 15.7. The van der Waals surface area contributed by atoms with Crippen molar-refractivity contribution >= 4 is 34.3 Å². The second-order valence-electron chi connectivity index (χ2n) is 8.35. The van der Waals surface area contributed by atoms with E-state index in [-0.39, 0.29) is 0 Å². The summed E-state index contributed by atoms with van der Waals surface area (Å²) in [6, 6.07) is 5.44. The normalized spacial score (nSPS) is 22.9. The third kappa shape index (κ3) is 4.09. The molecule has 0 bridgehead atoms. The zero-order valence-corrected chi connectivity index (χ0v) is 17.5. The highest BCUT2D eigenvalue weighted by molar-refractivity contribution is 7.09. The number of nitrogens with two attached hydrogens (primary N) is 1. The molecule has 3 aromatic heterocycles. The second kappa shape index (κ2) is 8.28. The van der Waals surface area contributed by atoms with Gasteiger partial charge in [0.15, 0.2) is 17.0 Å². The van der Waals surface area contributed by atoms with Crippen LogP contribution in [-0.2, 0) is 6.54 Å². The second-order valence-corrected chi connectivity index (χ2v) is 9.38. The van der Waals surface area contributed by atoms with Crippen molar-refractivity contribution in [3.63, 3.8) is 0 Å². The Kier molecular flexibility index (Phi) is 5.37. The van der Waals surface area contributed by atoms with E-state index >= 15 is 0 Å². The summed E-state index contributed by atoms with van der Waals surface area (Å²) in [6.07, 6.45) is 11.2. The molecular weight excluding hydrogens is 382 g/mol. The van der Waals surface area contributed by atoms with Gasteiger partial charge in [-0.1, -0.05) is 18.9 Å². The Hall–Kier alpha value is -2.19. The van der Waals surface area contributed by atoms with Crippen LogP contribution in [0, 0.1) is 0 Å². The van der Waals surface area contributed by atoms with Gasteiger partial charge in [0.25, 0.3) is 0 Å². The maximum absolute atomic E-state index is 6.07. The van der Waals surface area contributed by atoms with E-state index in [0.717, 1.165) is 49.2 Å². The highest BCUT2D eigenvalue weighted by atomic mass is 32.1. The molecule has 0 aromatic carbocycles. The van der Waals surface area contributed by atoms with Gasteiger partial charge in [-0.05, 0) is 50.0 Å². The van der Waals surface area contributed by atoms with Crippen molar-refractivity contribution in [1.29, 1.82) is 0 Å². The SMILES string of the molecule is NC1CCC(Nc2nc(NCc3cccs3)c3ncn(C4CCCC4)c3n2)CC1. The minimum Gasteiger partial charge on any atom is -0.363 e. The van der Waals surface area contributed by atoms with Crippen LogP contribution in [0.25, 0.3) is 11.2 Å². The minimum absolute atomic E-state index is 0.336. The first-order valence-electron chi connectivity index (χ1n) is 10.8. The van der Waals surface area contributed by atoms with E-state index in [4.69, 9.17) is 20.7 Å². The molecule has 0 spiro atoms. The Bertz CT molecular complexity index is 938. The largest absolute Gasteiger partial charge is 0.363 e. The molecule has 5 rings (SSSR count). The average molecular weight is 412 g/mol. The molecule has 2 fully saturated rings. The maximum Gasteiger partial charge on any atom is 0.227 e. The highest BCUT2D eigenvalue weighted by Gasteiger charge is 2.23. The van der Waals surface area contributed by atoms with E-state index in [0.29, 0.717) is 24.1 Å². The lowest BCUT2D eigenvalue weighted by Gasteiger charge is -2.27. The number of imidazole rings is 1. The number of aromatic nitrogens is 4. The van der Waals surface area contributed by atoms with Gasteiger partial charge >= 0.3 is 0 Å². The number of thiophene rings is 1. The van der Waals surface area contributed by atoms with Crippen LogP contribution in [0.4, 0.5) is 11.8 Å². The van der Waals surface area contributed by atoms with E-state index in [1.54, 1.807) is 11.3 Å². The van der Waals surface area contributed by atoms with Crippen LogP contribution in [-0.4, -0.2) is 31.6 Å². The van der Waals surface area contributed by atoms with Gasteiger partial charge in [0, 0.05) is 23.0 Å². The standard InChI is InChI=1S/C21H29N7S/c22-14-7-9-15(10-8-14)25-21-26-19(23-12-17-6-3-11-29-17)18-20(27-21)28(13-24-18)16-4-1-2-5-16/h3,6,11,13-16H,1-2,4-5,7-10,12,22H2,(H2,23,25,26,27). The maximum atomic E-state index is 6.07. The number of nitrogens with zero attached hydrogens (tertiary/aromatic N) is 4. The molecule has 2 saturated carbocycles. The molecule has 2 aliphatic rings. The molecule has 0 saturated heterocycles. The van der Waals surface area contributed by atoms with Crippen molar-refractivity contribution < 1.29 is 0 Å². The predicted octanol–water partition coefficient (Wildman–Crippen LogP) is 4.30. The molecule has 0 aliphatic heterocycles. The lowest BCUT2D eigenvalue weighted by molar-refractivity contribution is 0.410. The van der Waals surface area contributed by atoms with Crippen LogP contribution in [0.3, 0.4) is 0 Å². The van der Waals surface area contributed by atoms with Crippen molar-refractivity contribution in [2.45, 2.75) is 76.0 Å². The number of anilines is 2. The number of nitrogens with one attached hydrogen (secondary N) is 2. The van der Waals surface area contributed by atoms with Crippen LogP contribution in [0.5, 0.6) is 0 Å². The molecule has 2 aliphatic carbocycles. The monoisotopic (exact) mass is 411 g/mol. The number of hydrogen-bond donors (Lipinski definition) is 3. The van der Waals surface area contributed by atoms with E-state index in [1.165, 1.54) is 30.6 Å². The first kappa shape index (κ1) is 18.8. The van der Waals surface area contributed by atoms with Gasteiger partial charge < -0.3 is 20.9 Å². The molecule has 8 heteroatoms. The molecule has 7 nitrogen and oxygen atoms in total. The lowest BCUT2D eigenvalue weighted by Crippen LogP contribution is -2.33. The number of fused-ring (bicyclic) bond motifs is 1. The fourth-order valence-electron chi connectivity index (χ4n) is 4.58. The van der Waals surface area contributed by atoms with Crippen molar-refractivity contribution in [3.05, 3.63) is 28.7 Å². The first-order chi connectivity index (χ1) is 14.3. The Morgan fingerprint density at radius 1 is 1.10 bits per heavy atom. The average Bonchev–Trinajstić information content (AvgIpc) is 3.49. The van der Waals surface area contributed by atoms with E-state index in [9.17, 15) is 0 Å². The van der Waals surface area contributed by atoms with Crippen molar-refractivity contribution in [1.82, 2.24) is 19.5 Å². The van der Waals surface area contributed by atoms with Gasteiger partial charge in [0.1, 0.15) is 0 Å². The van der Waals surface area contributed by atoms with Crippen molar-refractivity contribution in [2.75, 3.05) is 10.6 Å². The summed E-state index contributed by atoms with van der Waals surface area (Å²) >= 11 is 1.75. The summed E-state index contributed by atoms with van der Waals surface area (Å²) in [5, 5.41) is 9.18. The van der Waals surface area contributed by atoms with Crippen molar-refractivity contribution in [3.8, 4) is 0 Å². The van der Waals surface area contributed by atoms with E-state index < -0.39 is 0 Å². The first-order valence-corrected chi connectivity index (χ1v) is 11.7. The number of rotatable bonds is 6. The minimum atomic E-state index is 0.336. The summed E-state index contributed by atoms with van der Waals surface area (Å²) in [6.45, 7) is 0.748. The third-order valence-corrected chi connectivity index (χ3v) is 7.13. The molecular formula is C21H29N7S. The van der Waals surface area contributed by atoms with Crippen LogP contribution in [0.1, 0.15) is 62.3 Å². The Morgan fingerprint density at radius 3 is 2.69 bits per heavy atom. The zero-order valence-electron chi connectivity index (χ0n) is 16.7. The fourth-order valence-corrected chi connectivity index (χ4v) is 5.23. The summed E-state index contributed by atoms with van der Waals surface area (Å²) in [5.74, 6) is 1.52. The van der Waals surface area contributed by atoms with Crippen LogP contribution in [0.2, 0.25) is 0 Å². The molecule has 0 radical (unpaired) electrons.